The maximum absolute atomic E-state index is 13.6. The van der Waals surface area contributed by atoms with Gasteiger partial charge in [-0.2, -0.15) is 0 Å². The number of halogens is 2. The Morgan fingerprint density at radius 3 is 2.18 bits per heavy atom. The van der Waals surface area contributed by atoms with Crippen LogP contribution in [0.4, 0.5) is 44.9 Å². The number of carbonyl (C=O) groups excluding carboxylic acids is 2. The number of aromatic nitrogens is 2. The lowest BCUT2D eigenvalue weighted by atomic mass is 10.1. The molecule has 0 unspecified atom stereocenters. The van der Waals surface area contributed by atoms with Crippen LogP contribution < -0.4 is 34.8 Å². The summed E-state index contributed by atoms with van der Waals surface area (Å²) in [5.74, 6) is 0.907. The van der Waals surface area contributed by atoms with E-state index in [0.717, 1.165) is 44.1 Å². The van der Waals surface area contributed by atoms with E-state index in [2.05, 4.69) is 43.9 Å². The van der Waals surface area contributed by atoms with Gasteiger partial charge in [-0.3, -0.25) is 14.6 Å². The topological polar surface area (TPSA) is 115 Å². The van der Waals surface area contributed by atoms with Crippen molar-refractivity contribution in [1.82, 2.24) is 14.9 Å². The number of hydrogen-bond acceptors (Lipinski definition) is 9. The smallest absolute Gasteiger partial charge is 0.327 e. The third kappa shape index (κ3) is 7.83. The van der Waals surface area contributed by atoms with E-state index in [-0.39, 0.29) is 39.0 Å². The molecule has 1 saturated heterocycles. The molecule has 4 aromatic rings. The molecular weight excluding hydrogens is 667 g/mol. The summed E-state index contributed by atoms with van der Waals surface area (Å²) in [7, 11) is 4.45. The van der Waals surface area contributed by atoms with Gasteiger partial charge in [-0.15, -0.1) is 0 Å². The molecular formula is C35H38Cl2N8O4. The van der Waals surface area contributed by atoms with Gasteiger partial charge in [0.15, 0.2) is 0 Å². The fraction of sp³-hybridized carbons (Fsp3) is 0.257. The second-order valence-corrected chi connectivity index (χ2v) is 11.8. The Morgan fingerprint density at radius 2 is 1.57 bits per heavy atom. The van der Waals surface area contributed by atoms with Crippen LogP contribution in [-0.2, 0) is 4.79 Å². The SMILES string of the molecule is C=CC(=O)Nc1cc(N2CCN(CC)CC2)ccc1N(c1ccccc1)c1cc(N(C)C(=O)Nc2c(Cl)c(OC)cc(OC)c2Cl)ncn1. The van der Waals surface area contributed by atoms with Crippen molar-refractivity contribution in [3.63, 3.8) is 0 Å². The monoisotopic (exact) mass is 704 g/mol. The molecule has 0 aliphatic carbocycles. The predicted molar refractivity (Wildman–Crippen MR) is 197 cm³/mol. The number of benzene rings is 3. The second-order valence-electron chi connectivity index (χ2n) is 11.0. The van der Waals surface area contributed by atoms with Crippen LogP contribution in [0.2, 0.25) is 10.0 Å². The molecule has 3 amide bonds. The zero-order valence-electron chi connectivity index (χ0n) is 27.7. The van der Waals surface area contributed by atoms with E-state index in [4.69, 9.17) is 32.7 Å². The van der Waals surface area contributed by atoms with Gasteiger partial charge in [-0.1, -0.05) is 54.9 Å². The molecule has 0 atom stereocenters. The lowest BCUT2D eigenvalue weighted by molar-refractivity contribution is -0.111. The van der Waals surface area contributed by atoms with Crippen molar-refractivity contribution >= 4 is 75.2 Å². The number of nitrogens with zero attached hydrogens (tertiary/aromatic N) is 6. The molecule has 0 saturated carbocycles. The average molecular weight is 706 g/mol. The van der Waals surface area contributed by atoms with Crippen LogP contribution in [0.1, 0.15) is 6.92 Å². The molecule has 0 spiro atoms. The minimum atomic E-state index is -0.582. The zero-order chi connectivity index (χ0) is 35.1. The van der Waals surface area contributed by atoms with Crippen LogP contribution in [0.5, 0.6) is 11.5 Å². The standard InChI is InChI=1S/C35H38Cl2N8O4/c1-6-31(46)40-25-19-24(44-17-15-43(7-2)16-18-44)13-14-26(25)45(23-11-9-8-10-12-23)30-21-29(38-22-39-30)42(3)35(47)41-34-32(36)27(48-4)20-28(49-5)33(34)37/h6,8-14,19-22H,1,7,15-18H2,2-5H3,(H,40,46)(H,41,47). The Labute approximate surface area is 295 Å². The first kappa shape index (κ1) is 35.3. The number of methoxy groups -OCH3 is 2. The Morgan fingerprint density at radius 1 is 0.918 bits per heavy atom. The molecule has 2 N–H and O–H groups in total. The van der Waals surface area contributed by atoms with Crippen LogP contribution >= 0.6 is 23.2 Å². The van der Waals surface area contributed by atoms with Gasteiger partial charge in [0, 0.05) is 56.7 Å². The molecule has 5 rings (SSSR count). The van der Waals surface area contributed by atoms with Crippen molar-refractivity contribution < 1.29 is 19.1 Å². The molecule has 12 nitrogen and oxygen atoms in total. The minimum absolute atomic E-state index is 0.110. The highest BCUT2D eigenvalue weighted by Gasteiger charge is 2.25. The summed E-state index contributed by atoms with van der Waals surface area (Å²) < 4.78 is 10.7. The first-order chi connectivity index (χ1) is 23.7. The number of para-hydroxylation sites is 1. The van der Waals surface area contributed by atoms with Crippen molar-refractivity contribution in [1.29, 1.82) is 0 Å². The van der Waals surface area contributed by atoms with Gasteiger partial charge in [0.2, 0.25) is 5.91 Å². The fourth-order valence-corrected chi connectivity index (χ4v) is 6.02. The molecule has 1 aliphatic rings. The summed E-state index contributed by atoms with van der Waals surface area (Å²) in [4.78, 5) is 43.1. The van der Waals surface area contributed by atoms with Crippen molar-refractivity contribution in [3.8, 4) is 11.5 Å². The van der Waals surface area contributed by atoms with Crippen LogP contribution in [0.25, 0.3) is 0 Å². The largest absolute Gasteiger partial charge is 0.495 e. The molecule has 0 radical (unpaired) electrons. The lowest BCUT2D eigenvalue weighted by Crippen LogP contribution is -2.46. The van der Waals surface area contributed by atoms with Gasteiger partial charge in [0.25, 0.3) is 0 Å². The van der Waals surface area contributed by atoms with E-state index in [1.165, 1.54) is 37.6 Å². The maximum atomic E-state index is 13.6. The third-order valence-electron chi connectivity index (χ3n) is 8.18. The highest BCUT2D eigenvalue weighted by Crippen LogP contribution is 2.44. The van der Waals surface area contributed by atoms with E-state index in [0.29, 0.717) is 17.2 Å². The van der Waals surface area contributed by atoms with Gasteiger partial charge >= 0.3 is 6.03 Å². The molecule has 49 heavy (non-hydrogen) atoms. The molecule has 2 heterocycles. The fourth-order valence-electron chi connectivity index (χ4n) is 5.43. The third-order valence-corrected chi connectivity index (χ3v) is 8.94. The quantitative estimate of drug-likeness (QED) is 0.156. The van der Waals surface area contributed by atoms with Crippen LogP contribution in [0.3, 0.4) is 0 Å². The van der Waals surface area contributed by atoms with E-state index in [1.807, 2.05) is 53.4 Å². The van der Waals surface area contributed by atoms with Gasteiger partial charge in [-0.25, -0.2) is 14.8 Å². The molecule has 256 valence electrons. The molecule has 0 bridgehead atoms. The van der Waals surface area contributed by atoms with E-state index >= 15 is 0 Å². The summed E-state index contributed by atoms with van der Waals surface area (Å²) >= 11 is 13.0. The van der Waals surface area contributed by atoms with Crippen molar-refractivity contribution in [2.24, 2.45) is 0 Å². The van der Waals surface area contributed by atoms with E-state index in [1.54, 1.807) is 13.1 Å². The van der Waals surface area contributed by atoms with E-state index < -0.39 is 6.03 Å². The van der Waals surface area contributed by atoms with Gasteiger partial charge in [0.05, 0.1) is 31.3 Å². The number of anilines is 7. The number of urea groups is 1. The summed E-state index contributed by atoms with van der Waals surface area (Å²) in [6.07, 6.45) is 2.60. The number of piperazine rings is 1. The van der Waals surface area contributed by atoms with Gasteiger partial charge < -0.3 is 29.9 Å². The summed E-state index contributed by atoms with van der Waals surface area (Å²) in [6, 6.07) is 18.1. The van der Waals surface area contributed by atoms with Gasteiger partial charge in [0.1, 0.15) is 39.5 Å². The van der Waals surface area contributed by atoms with Crippen molar-refractivity contribution in [2.75, 3.05) is 79.3 Å². The molecule has 1 aromatic heterocycles. The van der Waals surface area contributed by atoms with Crippen molar-refractivity contribution in [2.45, 2.75) is 6.92 Å². The van der Waals surface area contributed by atoms with Crippen LogP contribution in [0.15, 0.2) is 79.6 Å². The molecule has 3 aromatic carbocycles. The number of rotatable bonds is 11. The molecule has 1 fully saturated rings. The normalized spacial score (nSPS) is 13.0. The zero-order valence-corrected chi connectivity index (χ0v) is 29.3. The summed E-state index contributed by atoms with van der Waals surface area (Å²) in [6.45, 7) is 10.5. The number of ether oxygens (including phenoxy) is 2. The summed E-state index contributed by atoms with van der Waals surface area (Å²) in [5, 5.41) is 5.96. The lowest BCUT2D eigenvalue weighted by Gasteiger charge is -2.36. The number of likely N-dealkylation sites (N-methyl/N-ethyl adjacent to an activating group) is 1. The Hall–Kier alpha value is -5.04. The average Bonchev–Trinajstić information content (AvgIpc) is 3.14. The highest BCUT2D eigenvalue weighted by molar-refractivity contribution is 6.41. The number of carbonyl (C=O) groups is 2. The van der Waals surface area contributed by atoms with Crippen LogP contribution in [0, 0.1) is 0 Å². The number of hydrogen-bond donors (Lipinski definition) is 2. The predicted octanol–water partition coefficient (Wildman–Crippen LogP) is 7.21. The first-order valence-electron chi connectivity index (χ1n) is 15.6. The molecule has 1 aliphatic heterocycles. The van der Waals surface area contributed by atoms with E-state index in [9.17, 15) is 9.59 Å². The number of nitrogens with one attached hydrogen (secondary N) is 2. The summed E-state index contributed by atoms with van der Waals surface area (Å²) in [5.41, 5.74) is 3.08. The Balaban J connectivity index is 1.53. The Bertz CT molecular complexity index is 1790. The highest BCUT2D eigenvalue weighted by atomic mass is 35.5. The Kier molecular flexibility index (Phi) is 11.4. The molecule has 14 heteroatoms. The van der Waals surface area contributed by atoms with Crippen LogP contribution in [-0.4, -0.2) is 80.8 Å². The maximum Gasteiger partial charge on any atom is 0.327 e. The van der Waals surface area contributed by atoms with Crippen molar-refractivity contribution in [3.05, 3.63) is 89.7 Å². The first-order valence-corrected chi connectivity index (χ1v) is 16.3. The minimum Gasteiger partial charge on any atom is -0.495 e. The number of amides is 3. The second kappa shape index (κ2) is 15.9. The van der Waals surface area contributed by atoms with Gasteiger partial charge in [-0.05, 0) is 43.0 Å².